The number of ether oxygens (including phenoxy) is 1. The first-order valence-corrected chi connectivity index (χ1v) is 7.28. The number of carbonyl (C=O) groups is 2. The van der Waals surface area contributed by atoms with Gasteiger partial charge in [-0.25, -0.2) is 0 Å². The second kappa shape index (κ2) is 4.83. The minimum Gasteiger partial charge on any atom is -0.511 e. The van der Waals surface area contributed by atoms with Crippen LogP contribution < -0.4 is 0 Å². The normalized spacial score (nSPS) is 24.2. The highest BCUT2D eigenvalue weighted by Crippen LogP contribution is 2.44. The Hall–Kier alpha value is -2.36. The molecule has 1 unspecified atom stereocenters. The van der Waals surface area contributed by atoms with Crippen molar-refractivity contribution in [3.63, 3.8) is 0 Å². The molecule has 0 bridgehead atoms. The van der Waals surface area contributed by atoms with Gasteiger partial charge in [-0.1, -0.05) is 30.3 Å². The quantitative estimate of drug-likeness (QED) is 0.807. The van der Waals surface area contributed by atoms with Crippen LogP contribution in [-0.2, 0) is 14.3 Å². The Balaban J connectivity index is 2.08. The van der Waals surface area contributed by atoms with Crippen molar-refractivity contribution in [2.75, 3.05) is 0 Å². The smallest absolute Gasteiger partial charge is 0.183 e. The molecule has 0 amide bonds. The summed E-state index contributed by atoms with van der Waals surface area (Å²) in [5.41, 5.74) is 0.356. The van der Waals surface area contributed by atoms with Crippen LogP contribution in [0.15, 0.2) is 53.0 Å². The van der Waals surface area contributed by atoms with Gasteiger partial charge in [-0.15, -0.1) is 0 Å². The van der Waals surface area contributed by atoms with Gasteiger partial charge >= 0.3 is 0 Å². The van der Waals surface area contributed by atoms with Gasteiger partial charge in [0.25, 0.3) is 0 Å². The van der Waals surface area contributed by atoms with E-state index in [1.54, 1.807) is 20.8 Å². The van der Waals surface area contributed by atoms with E-state index in [0.29, 0.717) is 5.57 Å². The summed E-state index contributed by atoms with van der Waals surface area (Å²) in [5, 5.41) is 10.3. The topological polar surface area (TPSA) is 63.6 Å². The lowest BCUT2D eigenvalue weighted by molar-refractivity contribution is -0.129. The van der Waals surface area contributed by atoms with Gasteiger partial charge in [0.05, 0.1) is 11.8 Å². The van der Waals surface area contributed by atoms with Crippen LogP contribution in [0.25, 0.3) is 0 Å². The van der Waals surface area contributed by atoms with Gasteiger partial charge in [0.2, 0.25) is 0 Å². The van der Waals surface area contributed by atoms with Gasteiger partial charge < -0.3 is 9.84 Å². The van der Waals surface area contributed by atoms with Crippen molar-refractivity contribution in [1.82, 2.24) is 0 Å². The third-order valence-electron chi connectivity index (χ3n) is 4.39. The lowest BCUT2D eigenvalue weighted by Crippen LogP contribution is -2.39. The molecule has 1 N–H and O–H groups in total. The van der Waals surface area contributed by atoms with E-state index in [2.05, 4.69) is 0 Å². The predicted molar refractivity (Wildman–Crippen MR) is 81.0 cm³/mol. The molecule has 2 aliphatic rings. The number of carbonyl (C=O) groups excluding carboxylic acids is 2. The summed E-state index contributed by atoms with van der Waals surface area (Å²) >= 11 is 0. The number of aliphatic hydroxyl groups is 1. The van der Waals surface area contributed by atoms with Crippen molar-refractivity contribution >= 4 is 11.6 Å². The van der Waals surface area contributed by atoms with Crippen LogP contribution in [0.3, 0.4) is 0 Å². The zero-order chi connectivity index (χ0) is 16.1. The summed E-state index contributed by atoms with van der Waals surface area (Å²) in [6.07, 6.45) is -0.289. The molecule has 22 heavy (non-hydrogen) atoms. The molecule has 1 aromatic carbocycles. The van der Waals surface area contributed by atoms with Crippen LogP contribution in [0.5, 0.6) is 0 Å². The second-order valence-electron chi connectivity index (χ2n) is 6.28. The molecule has 1 aromatic rings. The van der Waals surface area contributed by atoms with E-state index in [1.807, 2.05) is 30.3 Å². The molecular weight excluding hydrogens is 280 g/mol. The molecule has 0 radical (unpaired) electrons. The fraction of sp³-hybridized carbons (Fsp3) is 0.333. The maximum Gasteiger partial charge on any atom is 0.183 e. The molecule has 0 saturated carbocycles. The van der Waals surface area contributed by atoms with Crippen molar-refractivity contribution in [3.8, 4) is 0 Å². The highest BCUT2D eigenvalue weighted by molar-refractivity contribution is 6.24. The zero-order valence-corrected chi connectivity index (χ0v) is 12.8. The number of hydrogen-bond donors (Lipinski definition) is 1. The van der Waals surface area contributed by atoms with E-state index in [0.717, 1.165) is 5.56 Å². The van der Waals surface area contributed by atoms with E-state index in [9.17, 15) is 14.7 Å². The molecule has 1 heterocycles. The number of benzene rings is 1. The SMILES string of the molecule is CC1=C(O)C(C)(C)C(=O)C2=C1OC(c1ccccc1)CC2=O. The summed E-state index contributed by atoms with van der Waals surface area (Å²) in [4.78, 5) is 25.0. The van der Waals surface area contributed by atoms with Crippen LogP contribution in [0, 0.1) is 5.41 Å². The fourth-order valence-electron chi connectivity index (χ4n) is 3.00. The average molecular weight is 298 g/mol. The van der Waals surface area contributed by atoms with E-state index in [1.165, 1.54) is 0 Å². The maximum atomic E-state index is 12.5. The first-order chi connectivity index (χ1) is 10.3. The standard InChI is InChI=1S/C18H18O4/c1-10-15-14(17(21)18(2,3)16(10)20)12(19)9-13(22-15)11-7-5-4-6-8-11/h4-8,13,20H,9H2,1-3H3. The van der Waals surface area contributed by atoms with Crippen LogP contribution in [0.4, 0.5) is 0 Å². The number of aliphatic hydroxyl groups excluding tert-OH is 1. The van der Waals surface area contributed by atoms with Crippen molar-refractivity contribution < 1.29 is 19.4 Å². The summed E-state index contributed by atoms with van der Waals surface area (Å²) < 4.78 is 5.91. The molecule has 3 rings (SSSR count). The number of hydrogen-bond acceptors (Lipinski definition) is 4. The monoisotopic (exact) mass is 298 g/mol. The van der Waals surface area contributed by atoms with Gasteiger partial charge in [0.1, 0.15) is 23.2 Å². The molecule has 1 aliphatic carbocycles. The first-order valence-electron chi connectivity index (χ1n) is 7.28. The van der Waals surface area contributed by atoms with Gasteiger partial charge in [-0.2, -0.15) is 0 Å². The Morgan fingerprint density at radius 1 is 1.18 bits per heavy atom. The van der Waals surface area contributed by atoms with E-state index < -0.39 is 11.5 Å². The van der Waals surface area contributed by atoms with Gasteiger partial charge in [0.15, 0.2) is 11.6 Å². The first kappa shape index (κ1) is 14.6. The molecule has 1 atom stereocenters. The molecule has 0 spiro atoms. The molecule has 114 valence electrons. The molecule has 4 nitrogen and oxygen atoms in total. The summed E-state index contributed by atoms with van der Waals surface area (Å²) in [5.74, 6) is -0.396. The Bertz CT molecular complexity index is 723. The lowest BCUT2D eigenvalue weighted by atomic mass is 9.73. The Kier molecular flexibility index (Phi) is 3.20. The highest BCUT2D eigenvalue weighted by atomic mass is 16.5. The molecule has 0 fully saturated rings. The number of Topliss-reactive ketones (excluding diaryl/α,β-unsaturated/α-hetero) is 2. The molecular formula is C18H18O4. The largest absolute Gasteiger partial charge is 0.511 e. The Labute approximate surface area is 129 Å². The van der Waals surface area contributed by atoms with Crippen LogP contribution >= 0.6 is 0 Å². The van der Waals surface area contributed by atoms with E-state index in [4.69, 9.17) is 4.74 Å². The molecule has 4 heteroatoms. The summed E-state index contributed by atoms with van der Waals surface area (Å²) in [7, 11) is 0. The van der Waals surface area contributed by atoms with Crippen molar-refractivity contribution in [2.24, 2.45) is 5.41 Å². The van der Waals surface area contributed by atoms with Crippen molar-refractivity contribution in [1.29, 1.82) is 0 Å². The molecule has 1 aliphatic heterocycles. The molecule has 0 saturated heterocycles. The van der Waals surface area contributed by atoms with Crippen molar-refractivity contribution in [3.05, 3.63) is 58.6 Å². The van der Waals surface area contributed by atoms with Gasteiger partial charge in [-0.05, 0) is 26.3 Å². The minimum absolute atomic E-state index is 0.0299. The van der Waals surface area contributed by atoms with Crippen molar-refractivity contribution in [2.45, 2.75) is 33.3 Å². The number of rotatable bonds is 1. The van der Waals surface area contributed by atoms with Crippen LogP contribution in [0.1, 0.15) is 38.9 Å². The minimum atomic E-state index is -1.08. The third-order valence-corrected chi connectivity index (χ3v) is 4.39. The third kappa shape index (κ3) is 1.98. The predicted octanol–water partition coefficient (Wildman–Crippen LogP) is 3.41. The van der Waals surface area contributed by atoms with Crippen LogP contribution in [0.2, 0.25) is 0 Å². The Morgan fingerprint density at radius 3 is 2.45 bits per heavy atom. The van der Waals surface area contributed by atoms with Gasteiger partial charge in [-0.3, -0.25) is 9.59 Å². The highest BCUT2D eigenvalue weighted by Gasteiger charge is 2.47. The van der Waals surface area contributed by atoms with Gasteiger partial charge in [0, 0.05) is 5.57 Å². The van der Waals surface area contributed by atoms with E-state index >= 15 is 0 Å². The number of ketones is 2. The second-order valence-corrected chi connectivity index (χ2v) is 6.28. The molecule has 0 aromatic heterocycles. The van der Waals surface area contributed by atoms with Crippen LogP contribution in [-0.4, -0.2) is 16.7 Å². The maximum absolute atomic E-state index is 12.5. The zero-order valence-electron chi connectivity index (χ0n) is 12.8. The summed E-state index contributed by atoms with van der Waals surface area (Å²) in [6.45, 7) is 4.92. The fourth-order valence-corrected chi connectivity index (χ4v) is 3.00. The summed E-state index contributed by atoms with van der Waals surface area (Å²) in [6, 6.07) is 9.42. The number of allylic oxidation sites excluding steroid dienone is 3. The average Bonchev–Trinajstić information content (AvgIpc) is 2.51. The lowest BCUT2D eigenvalue weighted by Gasteiger charge is -2.36. The Morgan fingerprint density at radius 2 is 1.82 bits per heavy atom. The van der Waals surface area contributed by atoms with E-state index in [-0.39, 0.29) is 35.1 Å².